The molecular weight excluding hydrogens is 391 g/mol. The van der Waals surface area contributed by atoms with Crippen molar-refractivity contribution in [3.8, 4) is 11.4 Å². The first-order valence-electron chi connectivity index (χ1n) is 9.43. The van der Waals surface area contributed by atoms with E-state index in [1.165, 1.54) is 11.0 Å². The van der Waals surface area contributed by atoms with E-state index in [1.807, 2.05) is 0 Å². The number of cyclic esters (lactones) is 1. The Morgan fingerprint density at radius 3 is 2.87 bits per heavy atom. The van der Waals surface area contributed by atoms with Gasteiger partial charge < -0.3 is 14.6 Å². The van der Waals surface area contributed by atoms with Gasteiger partial charge in [-0.15, -0.1) is 0 Å². The van der Waals surface area contributed by atoms with E-state index in [0.29, 0.717) is 47.4 Å². The Morgan fingerprint density at radius 2 is 2.10 bits per heavy atom. The molecule has 2 amide bonds. The van der Waals surface area contributed by atoms with Gasteiger partial charge in [-0.05, 0) is 42.8 Å². The minimum atomic E-state index is -0.439. The summed E-state index contributed by atoms with van der Waals surface area (Å²) in [5, 5.41) is 6.71. The third kappa shape index (κ3) is 4.14. The summed E-state index contributed by atoms with van der Waals surface area (Å²) < 4.78 is 23.6. The summed E-state index contributed by atoms with van der Waals surface area (Å²) >= 11 is 0. The fourth-order valence-corrected chi connectivity index (χ4v) is 3.12. The largest absolute Gasteiger partial charge is 0.447 e. The lowest BCUT2D eigenvalue weighted by Crippen LogP contribution is -2.25. The van der Waals surface area contributed by atoms with Crippen molar-refractivity contribution in [1.82, 2.24) is 10.1 Å². The van der Waals surface area contributed by atoms with Crippen LogP contribution in [0.5, 0.6) is 0 Å². The molecule has 0 bridgehead atoms. The number of rotatable bonds is 6. The number of amides is 2. The molecule has 1 fully saturated rings. The Kier molecular flexibility index (Phi) is 5.42. The van der Waals surface area contributed by atoms with E-state index >= 15 is 0 Å². The van der Waals surface area contributed by atoms with Crippen molar-refractivity contribution in [2.45, 2.75) is 19.8 Å². The van der Waals surface area contributed by atoms with Crippen molar-refractivity contribution in [2.24, 2.45) is 0 Å². The van der Waals surface area contributed by atoms with Crippen LogP contribution in [0.25, 0.3) is 11.4 Å². The van der Waals surface area contributed by atoms with Gasteiger partial charge >= 0.3 is 6.09 Å². The number of aryl methyl sites for hydroxylation is 2. The first kappa shape index (κ1) is 19.6. The molecule has 2 heterocycles. The first-order chi connectivity index (χ1) is 14.5. The van der Waals surface area contributed by atoms with Crippen LogP contribution in [0.2, 0.25) is 0 Å². The van der Waals surface area contributed by atoms with Gasteiger partial charge in [0, 0.05) is 18.4 Å². The van der Waals surface area contributed by atoms with Gasteiger partial charge in [-0.3, -0.25) is 9.69 Å². The number of halogens is 1. The molecule has 0 atom stereocenters. The number of hydrogen-bond donors (Lipinski definition) is 1. The Bertz CT molecular complexity index is 1100. The highest BCUT2D eigenvalue weighted by Gasteiger charge is 2.26. The first-order valence-corrected chi connectivity index (χ1v) is 9.43. The Labute approximate surface area is 171 Å². The van der Waals surface area contributed by atoms with E-state index < -0.39 is 6.09 Å². The maximum atomic E-state index is 13.4. The van der Waals surface area contributed by atoms with Crippen molar-refractivity contribution in [1.29, 1.82) is 0 Å². The number of aromatic nitrogens is 2. The molecular formula is C21H19FN4O4. The van der Waals surface area contributed by atoms with E-state index in [-0.39, 0.29) is 24.6 Å². The molecule has 9 heteroatoms. The van der Waals surface area contributed by atoms with Crippen LogP contribution in [0, 0.1) is 12.7 Å². The zero-order valence-corrected chi connectivity index (χ0v) is 16.2. The van der Waals surface area contributed by atoms with Crippen LogP contribution >= 0.6 is 0 Å². The predicted molar refractivity (Wildman–Crippen MR) is 107 cm³/mol. The van der Waals surface area contributed by atoms with Gasteiger partial charge in [0.25, 0.3) is 0 Å². The fraction of sp³-hybridized carbons (Fsp3) is 0.238. The molecule has 1 aromatic heterocycles. The van der Waals surface area contributed by atoms with E-state index in [1.54, 1.807) is 43.3 Å². The lowest BCUT2D eigenvalue weighted by Gasteiger charge is -2.17. The smallest absolute Gasteiger partial charge is 0.414 e. The summed E-state index contributed by atoms with van der Waals surface area (Å²) in [5.74, 6) is 0.0824. The quantitative estimate of drug-likeness (QED) is 0.665. The average Bonchev–Trinajstić information content (AvgIpc) is 3.38. The zero-order valence-electron chi connectivity index (χ0n) is 16.2. The second kappa shape index (κ2) is 8.32. The van der Waals surface area contributed by atoms with E-state index in [2.05, 4.69) is 15.5 Å². The molecule has 0 aliphatic carbocycles. The van der Waals surface area contributed by atoms with Crippen LogP contribution in [-0.4, -0.2) is 35.3 Å². The van der Waals surface area contributed by atoms with Crippen molar-refractivity contribution in [2.75, 3.05) is 23.4 Å². The summed E-state index contributed by atoms with van der Waals surface area (Å²) in [6.45, 7) is 2.40. The van der Waals surface area contributed by atoms with Crippen LogP contribution < -0.4 is 10.2 Å². The van der Waals surface area contributed by atoms with Gasteiger partial charge in [0.1, 0.15) is 12.4 Å². The Balaban J connectivity index is 1.39. The van der Waals surface area contributed by atoms with Gasteiger partial charge in [0.2, 0.25) is 17.6 Å². The Morgan fingerprint density at radius 1 is 1.27 bits per heavy atom. The molecule has 4 rings (SSSR count). The molecule has 0 spiro atoms. The van der Waals surface area contributed by atoms with Crippen molar-refractivity contribution < 1.29 is 23.2 Å². The van der Waals surface area contributed by atoms with Crippen molar-refractivity contribution in [3.63, 3.8) is 0 Å². The molecule has 0 unspecified atom stereocenters. The maximum absolute atomic E-state index is 13.4. The van der Waals surface area contributed by atoms with E-state index in [4.69, 9.17) is 9.26 Å². The lowest BCUT2D eigenvalue weighted by atomic mass is 10.1. The molecule has 0 radical (unpaired) electrons. The normalized spacial score (nSPS) is 13.4. The van der Waals surface area contributed by atoms with Gasteiger partial charge in [-0.1, -0.05) is 17.3 Å². The summed E-state index contributed by atoms with van der Waals surface area (Å²) in [6.07, 6.45) is -0.0818. The number of nitrogens with one attached hydrogen (secondary N) is 1. The summed E-state index contributed by atoms with van der Waals surface area (Å²) in [7, 11) is 0. The highest BCUT2D eigenvalue weighted by Crippen LogP contribution is 2.28. The molecule has 1 saturated heterocycles. The molecule has 1 N–H and O–H groups in total. The van der Waals surface area contributed by atoms with Gasteiger partial charge in [0.15, 0.2) is 0 Å². The van der Waals surface area contributed by atoms with Crippen LogP contribution in [0.15, 0.2) is 47.0 Å². The SMILES string of the molecule is Cc1cc(-c2noc(CCC(=O)Nc3ccccc3N3CCOC3=O)n2)ccc1F. The number of hydrogen-bond acceptors (Lipinski definition) is 6. The summed E-state index contributed by atoms with van der Waals surface area (Å²) in [6, 6.07) is 11.6. The minimum Gasteiger partial charge on any atom is -0.447 e. The summed E-state index contributed by atoms with van der Waals surface area (Å²) in [5.41, 5.74) is 2.23. The molecule has 30 heavy (non-hydrogen) atoms. The number of carbonyl (C=O) groups is 2. The number of nitrogens with zero attached hydrogens (tertiary/aromatic N) is 3. The van der Waals surface area contributed by atoms with Crippen molar-refractivity contribution >= 4 is 23.4 Å². The number of benzene rings is 2. The van der Waals surface area contributed by atoms with Crippen LogP contribution in [0.3, 0.4) is 0 Å². The summed E-state index contributed by atoms with van der Waals surface area (Å²) in [4.78, 5) is 30.0. The van der Waals surface area contributed by atoms with Crippen LogP contribution in [-0.2, 0) is 16.0 Å². The lowest BCUT2D eigenvalue weighted by molar-refractivity contribution is -0.116. The van der Waals surface area contributed by atoms with Crippen molar-refractivity contribution in [3.05, 3.63) is 59.7 Å². The third-order valence-electron chi connectivity index (χ3n) is 4.68. The number of carbonyl (C=O) groups excluding carboxylic acids is 2. The minimum absolute atomic E-state index is 0.114. The Hall–Kier alpha value is -3.75. The van der Waals surface area contributed by atoms with Gasteiger partial charge in [0.05, 0.1) is 17.9 Å². The highest BCUT2D eigenvalue weighted by atomic mass is 19.1. The number of para-hydroxylation sites is 2. The molecule has 1 aliphatic rings. The molecule has 154 valence electrons. The van der Waals surface area contributed by atoms with Crippen LogP contribution in [0.4, 0.5) is 20.6 Å². The monoisotopic (exact) mass is 410 g/mol. The topological polar surface area (TPSA) is 97.6 Å². The zero-order chi connectivity index (χ0) is 21.1. The molecule has 1 aliphatic heterocycles. The average molecular weight is 410 g/mol. The second-order valence-electron chi connectivity index (χ2n) is 6.81. The highest BCUT2D eigenvalue weighted by molar-refractivity contribution is 5.99. The number of ether oxygens (including phenoxy) is 1. The standard InChI is InChI=1S/C21H19FN4O4/c1-13-12-14(6-7-15(13)22)20-24-19(30-25-20)9-8-18(27)23-16-4-2-3-5-17(16)26-10-11-29-21(26)28/h2-7,12H,8-11H2,1H3,(H,23,27). The maximum Gasteiger partial charge on any atom is 0.414 e. The second-order valence-corrected chi connectivity index (χ2v) is 6.81. The molecule has 3 aromatic rings. The predicted octanol–water partition coefficient (Wildman–Crippen LogP) is 3.71. The molecule has 8 nitrogen and oxygen atoms in total. The van der Waals surface area contributed by atoms with E-state index in [0.717, 1.165) is 0 Å². The third-order valence-corrected chi connectivity index (χ3v) is 4.68. The van der Waals surface area contributed by atoms with E-state index in [9.17, 15) is 14.0 Å². The number of anilines is 2. The van der Waals surface area contributed by atoms with Gasteiger partial charge in [-0.2, -0.15) is 4.98 Å². The molecule has 0 saturated carbocycles. The molecule has 2 aromatic carbocycles. The van der Waals surface area contributed by atoms with Gasteiger partial charge in [-0.25, -0.2) is 9.18 Å². The fourth-order valence-electron chi connectivity index (χ4n) is 3.12. The van der Waals surface area contributed by atoms with Crippen LogP contribution in [0.1, 0.15) is 17.9 Å².